The van der Waals surface area contributed by atoms with Crippen LogP contribution in [-0.4, -0.2) is 47.3 Å². The molecule has 0 aliphatic rings. The molecule has 6 nitrogen and oxygen atoms in total. The van der Waals surface area contributed by atoms with Gasteiger partial charge in [-0.2, -0.15) is 0 Å². The van der Waals surface area contributed by atoms with E-state index in [0.29, 0.717) is 6.54 Å². The maximum absolute atomic E-state index is 8.93. The molecule has 18 heavy (non-hydrogen) atoms. The van der Waals surface area contributed by atoms with Gasteiger partial charge in [0.25, 0.3) is 0 Å². The Morgan fingerprint density at radius 1 is 1.28 bits per heavy atom. The van der Waals surface area contributed by atoms with E-state index in [-0.39, 0.29) is 6.61 Å². The molecule has 0 amide bonds. The number of rotatable bonds is 5. The van der Waals surface area contributed by atoms with Gasteiger partial charge in [-0.05, 0) is 6.07 Å². The molecule has 2 aromatic heterocycles. The second-order valence-electron chi connectivity index (χ2n) is 4.01. The first-order valence-electron chi connectivity index (χ1n) is 5.73. The SMILES string of the molecule is CN(CCO)c1cc(N(C)c2cc[nH]c2)ncn1. The van der Waals surface area contributed by atoms with E-state index >= 15 is 0 Å². The van der Waals surface area contributed by atoms with E-state index in [1.54, 1.807) is 0 Å². The van der Waals surface area contributed by atoms with Gasteiger partial charge in [0.05, 0.1) is 12.3 Å². The maximum Gasteiger partial charge on any atom is 0.138 e. The monoisotopic (exact) mass is 247 g/mol. The zero-order valence-corrected chi connectivity index (χ0v) is 10.5. The average Bonchev–Trinajstić information content (AvgIpc) is 2.92. The minimum absolute atomic E-state index is 0.101. The normalized spacial score (nSPS) is 10.4. The van der Waals surface area contributed by atoms with Crippen molar-refractivity contribution in [3.8, 4) is 0 Å². The fraction of sp³-hybridized carbons (Fsp3) is 0.333. The molecule has 0 atom stereocenters. The van der Waals surface area contributed by atoms with Crippen molar-refractivity contribution in [2.75, 3.05) is 37.0 Å². The molecule has 0 aromatic carbocycles. The fourth-order valence-electron chi connectivity index (χ4n) is 1.65. The molecular formula is C12H17N5O. The highest BCUT2D eigenvalue weighted by atomic mass is 16.3. The number of aromatic nitrogens is 3. The summed E-state index contributed by atoms with van der Waals surface area (Å²) in [5, 5.41) is 8.93. The third-order valence-electron chi connectivity index (χ3n) is 2.78. The van der Waals surface area contributed by atoms with Crippen LogP contribution in [0.4, 0.5) is 17.3 Å². The third-order valence-corrected chi connectivity index (χ3v) is 2.78. The summed E-state index contributed by atoms with van der Waals surface area (Å²) in [7, 11) is 3.83. The number of nitrogens with zero attached hydrogens (tertiary/aromatic N) is 4. The molecule has 0 aliphatic heterocycles. The molecule has 0 fully saturated rings. The number of hydrogen-bond acceptors (Lipinski definition) is 5. The van der Waals surface area contributed by atoms with Crippen molar-refractivity contribution in [1.29, 1.82) is 0 Å². The van der Waals surface area contributed by atoms with Crippen molar-refractivity contribution in [2.45, 2.75) is 0 Å². The summed E-state index contributed by atoms with van der Waals surface area (Å²) in [4.78, 5) is 15.3. The summed E-state index contributed by atoms with van der Waals surface area (Å²) in [6.45, 7) is 0.647. The van der Waals surface area contributed by atoms with Crippen LogP contribution in [0.5, 0.6) is 0 Å². The van der Waals surface area contributed by atoms with E-state index in [1.807, 2.05) is 48.4 Å². The lowest BCUT2D eigenvalue weighted by Crippen LogP contribution is -2.23. The van der Waals surface area contributed by atoms with Gasteiger partial charge in [-0.1, -0.05) is 0 Å². The van der Waals surface area contributed by atoms with E-state index < -0.39 is 0 Å². The molecule has 0 saturated heterocycles. The molecule has 2 heterocycles. The highest BCUT2D eigenvalue weighted by Crippen LogP contribution is 2.22. The lowest BCUT2D eigenvalue weighted by Gasteiger charge is -2.20. The first-order valence-corrected chi connectivity index (χ1v) is 5.73. The Morgan fingerprint density at radius 2 is 2.06 bits per heavy atom. The van der Waals surface area contributed by atoms with Crippen LogP contribution in [-0.2, 0) is 0 Å². The van der Waals surface area contributed by atoms with Crippen molar-refractivity contribution < 1.29 is 5.11 Å². The van der Waals surface area contributed by atoms with Gasteiger partial charge in [0, 0.05) is 39.1 Å². The predicted octanol–water partition coefficient (Wildman–Crippen LogP) is 1.00. The van der Waals surface area contributed by atoms with E-state index in [1.165, 1.54) is 6.33 Å². The molecule has 0 saturated carbocycles. The fourth-order valence-corrected chi connectivity index (χ4v) is 1.65. The smallest absolute Gasteiger partial charge is 0.138 e. The Kier molecular flexibility index (Phi) is 3.78. The second-order valence-corrected chi connectivity index (χ2v) is 4.01. The van der Waals surface area contributed by atoms with Crippen LogP contribution in [0.3, 0.4) is 0 Å². The topological polar surface area (TPSA) is 68.3 Å². The van der Waals surface area contributed by atoms with Crippen LogP contribution in [0, 0.1) is 0 Å². The molecule has 2 aromatic rings. The summed E-state index contributed by atoms with van der Waals surface area (Å²) in [5.41, 5.74) is 1.03. The van der Waals surface area contributed by atoms with Crippen LogP contribution >= 0.6 is 0 Å². The molecule has 2 N–H and O–H groups in total. The summed E-state index contributed by atoms with van der Waals surface area (Å²) >= 11 is 0. The number of anilines is 3. The second kappa shape index (κ2) is 5.50. The Bertz CT molecular complexity index is 485. The quantitative estimate of drug-likeness (QED) is 0.825. The lowest BCUT2D eigenvalue weighted by molar-refractivity contribution is 0.304. The Hall–Kier alpha value is -2.08. The van der Waals surface area contributed by atoms with Gasteiger partial charge in [-0.3, -0.25) is 0 Å². The molecule has 0 bridgehead atoms. The Labute approximate surface area is 106 Å². The molecule has 0 spiro atoms. The summed E-state index contributed by atoms with van der Waals surface area (Å²) in [5.74, 6) is 1.60. The summed E-state index contributed by atoms with van der Waals surface area (Å²) < 4.78 is 0. The summed E-state index contributed by atoms with van der Waals surface area (Å²) in [6.07, 6.45) is 5.30. The van der Waals surface area contributed by atoms with Crippen LogP contribution in [0.2, 0.25) is 0 Å². The average molecular weight is 247 g/mol. The van der Waals surface area contributed by atoms with Crippen molar-refractivity contribution in [3.63, 3.8) is 0 Å². The number of likely N-dealkylation sites (N-methyl/N-ethyl adjacent to an activating group) is 1. The number of aromatic amines is 1. The lowest BCUT2D eigenvalue weighted by atomic mass is 10.4. The largest absolute Gasteiger partial charge is 0.395 e. The molecule has 2 rings (SSSR count). The van der Waals surface area contributed by atoms with Crippen molar-refractivity contribution in [1.82, 2.24) is 15.0 Å². The minimum Gasteiger partial charge on any atom is -0.395 e. The van der Waals surface area contributed by atoms with Gasteiger partial charge in [0.2, 0.25) is 0 Å². The number of hydrogen-bond donors (Lipinski definition) is 2. The number of nitrogens with one attached hydrogen (secondary N) is 1. The maximum atomic E-state index is 8.93. The minimum atomic E-state index is 0.101. The van der Waals surface area contributed by atoms with Gasteiger partial charge in [0.15, 0.2) is 0 Å². The van der Waals surface area contributed by atoms with Crippen LogP contribution in [0.15, 0.2) is 30.9 Å². The highest BCUT2D eigenvalue weighted by Gasteiger charge is 2.09. The van der Waals surface area contributed by atoms with Gasteiger partial charge < -0.3 is 19.9 Å². The van der Waals surface area contributed by atoms with Crippen LogP contribution in [0.25, 0.3) is 0 Å². The first kappa shape index (κ1) is 12.4. The predicted molar refractivity (Wildman–Crippen MR) is 71.2 cm³/mol. The number of H-pyrrole nitrogens is 1. The number of aliphatic hydroxyl groups is 1. The van der Waals surface area contributed by atoms with Crippen molar-refractivity contribution in [3.05, 3.63) is 30.9 Å². The molecule has 96 valence electrons. The van der Waals surface area contributed by atoms with E-state index in [0.717, 1.165) is 17.3 Å². The third kappa shape index (κ3) is 2.60. The van der Waals surface area contributed by atoms with Gasteiger partial charge >= 0.3 is 0 Å². The number of aliphatic hydroxyl groups excluding tert-OH is 1. The zero-order chi connectivity index (χ0) is 13.0. The van der Waals surface area contributed by atoms with E-state index in [4.69, 9.17) is 5.11 Å². The molecule has 0 radical (unpaired) electrons. The first-order chi connectivity index (χ1) is 8.72. The van der Waals surface area contributed by atoms with Crippen LogP contribution < -0.4 is 9.80 Å². The van der Waals surface area contributed by atoms with E-state index in [2.05, 4.69) is 15.0 Å². The van der Waals surface area contributed by atoms with Gasteiger partial charge in [-0.15, -0.1) is 0 Å². The van der Waals surface area contributed by atoms with Crippen molar-refractivity contribution in [2.24, 2.45) is 0 Å². The molecular weight excluding hydrogens is 230 g/mol. The van der Waals surface area contributed by atoms with E-state index in [9.17, 15) is 0 Å². The van der Waals surface area contributed by atoms with Crippen LogP contribution in [0.1, 0.15) is 0 Å². The summed E-state index contributed by atoms with van der Waals surface area (Å²) in [6, 6.07) is 3.86. The van der Waals surface area contributed by atoms with Gasteiger partial charge in [-0.25, -0.2) is 9.97 Å². The van der Waals surface area contributed by atoms with Gasteiger partial charge in [0.1, 0.15) is 18.0 Å². The molecule has 0 aliphatic carbocycles. The highest BCUT2D eigenvalue weighted by molar-refractivity contribution is 5.60. The Morgan fingerprint density at radius 3 is 2.72 bits per heavy atom. The van der Waals surface area contributed by atoms with Crippen molar-refractivity contribution >= 4 is 17.3 Å². The molecule has 0 unspecified atom stereocenters. The zero-order valence-electron chi connectivity index (χ0n) is 10.5. The standard InChI is InChI=1S/C12H17N5O/c1-16(5-6-18)11-7-12(15-9-14-11)17(2)10-3-4-13-8-10/h3-4,7-9,13,18H,5-6H2,1-2H3. The molecule has 6 heteroatoms. The Balaban J connectivity index is 2.21.